The molecule has 0 saturated carbocycles. The van der Waals surface area contributed by atoms with Crippen molar-refractivity contribution in [1.82, 2.24) is 0 Å². The number of oxime groups is 1. The van der Waals surface area contributed by atoms with Gasteiger partial charge in [0.05, 0.1) is 6.21 Å². The standard InChI is InChI=1S/C17H15F2NO/c1-2-14-7-3-4-8-16(14)12-21-20-11-13-6-5-9-15(10-13)17(18)19/h2-11,17H,1,12H2. The van der Waals surface area contributed by atoms with E-state index in [-0.39, 0.29) is 5.56 Å². The molecule has 0 N–H and O–H groups in total. The largest absolute Gasteiger partial charge is 0.391 e. The van der Waals surface area contributed by atoms with E-state index in [1.165, 1.54) is 18.3 Å². The zero-order chi connectivity index (χ0) is 15.1. The molecule has 0 fully saturated rings. The Labute approximate surface area is 122 Å². The van der Waals surface area contributed by atoms with Crippen molar-refractivity contribution >= 4 is 12.3 Å². The molecule has 0 bridgehead atoms. The van der Waals surface area contributed by atoms with Gasteiger partial charge >= 0.3 is 0 Å². The summed E-state index contributed by atoms with van der Waals surface area (Å²) < 4.78 is 25.1. The molecule has 0 heterocycles. The Morgan fingerprint density at radius 1 is 1.14 bits per heavy atom. The Morgan fingerprint density at radius 3 is 2.71 bits per heavy atom. The van der Waals surface area contributed by atoms with Crippen molar-refractivity contribution in [3.8, 4) is 0 Å². The molecule has 0 unspecified atom stereocenters. The second-order valence-corrected chi connectivity index (χ2v) is 4.38. The summed E-state index contributed by atoms with van der Waals surface area (Å²) in [5.41, 5.74) is 2.49. The van der Waals surface area contributed by atoms with Gasteiger partial charge in [0.25, 0.3) is 6.43 Å². The first-order valence-corrected chi connectivity index (χ1v) is 6.44. The summed E-state index contributed by atoms with van der Waals surface area (Å²) in [4.78, 5) is 5.20. The van der Waals surface area contributed by atoms with E-state index in [4.69, 9.17) is 4.84 Å². The monoisotopic (exact) mass is 287 g/mol. The Kier molecular flexibility index (Phi) is 5.21. The molecule has 2 aromatic rings. The van der Waals surface area contributed by atoms with Crippen LogP contribution < -0.4 is 0 Å². The Morgan fingerprint density at radius 2 is 1.95 bits per heavy atom. The second-order valence-electron chi connectivity index (χ2n) is 4.38. The molecule has 0 aliphatic carbocycles. The van der Waals surface area contributed by atoms with Crippen molar-refractivity contribution in [3.05, 3.63) is 77.4 Å². The average molecular weight is 287 g/mol. The smallest absolute Gasteiger partial charge is 0.263 e. The molecule has 4 heteroatoms. The van der Waals surface area contributed by atoms with Crippen LogP contribution in [0.15, 0.2) is 60.3 Å². The van der Waals surface area contributed by atoms with E-state index in [1.54, 1.807) is 18.2 Å². The Balaban J connectivity index is 1.97. The maximum atomic E-state index is 12.6. The first kappa shape index (κ1) is 14.9. The maximum absolute atomic E-state index is 12.6. The summed E-state index contributed by atoms with van der Waals surface area (Å²) in [6, 6.07) is 13.7. The molecule has 21 heavy (non-hydrogen) atoms. The van der Waals surface area contributed by atoms with E-state index in [1.807, 2.05) is 24.3 Å². The molecule has 2 aromatic carbocycles. The summed E-state index contributed by atoms with van der Waals surface area (Å²) in [5.74, 6) is 0. The minimum absolute atomic E-state index is 0.0315. The number of nitrogens with zero attached hydrogens (tertiary/aromatic N) is 1. The third kappa shape index (κ3) is 4.24. The number of rotatable bonds is 6. The fraction of sp³-hybridized carbons (Fsp3) is 0.118. The van der Waals surface area contributed by atoms with Crippen LogP contribution in [0.5, 0.6) is 0 Å². The van der Waals surface area contributed by atoms with Gasteiger partial charge in [-0.2, -0.15) is 0 Å². The zero-order valence-corrected chi connectivity index (χ0v) is 11.4. The van der Waals surface area contributed by atoms with Gasteiger partial charge in [0.15, 0.2) is 0 Å². The predicted molar refractivity (Wildman–Crippen MR) is 80.3 cm³/mol. The summed E-state index contributed by atoms with van der Waals surface area (Å²) in [5, 5.41) is 3.81. The van der Waals surface area contributed by atoms with Crippen molar-refractivity contribution in [2.45, 2.75) is 13.0 Å². The van der Waals surface area contributed by atoms with Crippen LogP contribution in [0.25, 0.3) is 6.08 Å². The van der Waals surface area contributed by atoms with Crippen LogP contribution in [0, 0.1) is 0 Å². The van der Waals surface area contributed by atoms with Gasteiger partial charge < -0.3 is 4.84 Å². The molecular weight excluding hydrogens is 272 g/mol. The SMILES string of the molecule is C=Cc1ccccc1CON=Cc1cccc(C(F)F)c1. The Hall–Kier alpha value is -2.49. The zero-order valence-electron chi connectivity index (χ0n) is 11.4. The fourth-order valence-corrected chi connectivity index (χ4v) is 1.84. The lowest BCUT2D eigenvalue weighted by molar-refractivity contribution is 0.132. The van der Waals surface area contributed by atoms with Gasteiger partial charge in [-0.3, -0.25) is 0 Å². The van der Waals surface area contributed by atoms with Crippen LogP contribution in [-0.4, -0.2) is 6.21 Å². The van der Waals surface area contributed by atoms with Crippen molar-refractivity contribution in [1.29, 1.82) is 0 Å². The van der Waals surface area contributed by atoms with Crippen molar-refractivity contribution in [3.63, 3.8) is 0 Å². The van der Waals surface area contributed by atoms with Crippen LogP contribution in [0.1, 0.15) is 28.7 Å². The summed E-state index contributed by atoms with van der Waals surface area (Å²) in [6.07, 6.45) is 0.676. The van der Waals surface area contributed by atoms with Gasteiger partial charge in [-0.05, 0) is 22.8 Å². The minimum Gasteiger partial charge on any atom is -0.391 e. The number of hydrogen-bond donors (Lipinski definition) is 0. The van der Waals surface area contributed by atoms with Gasteiger partial charge in [-0.25, -0.2) is 8.78 Å². The number of alkyl halides is 2. The molecule has 0 saturated heterocycles. The highest BCUT2D eigenvalue weighted by atomic mass is 19.3. The third-order valence-corrected chi connectivity index (χ3v) is 2.93. The summed E-state index contributed by atoms with van der Waals surface area (Å²) in [7, 11) is 0. The lowest BCUT2D eigenvalue weighted by atomic mass is 10.1. The molecule has 108 valence electrons. The lowest BCUT2D eigenvalue weighted by Gasteiger charge is -2.04. The normalized spacial score (nSPS) is 11.0. The average Bonchev–Trinajstić information content (AvgIpc) is 2.52. The molecule has 0 spiro atoms. The Bertz CT molecular complexity index is 638. The van der Waals surface area contributed by atoms with Crippen LogP contribution in [0.2, 0.25) is 0 Å². The highest BCUT2D eigenvalue weighted by molar-refractivity contribution is 5.79. The van der Waals surface area contributed by atoms with Gasteiger partial charge in [0, 0.05) is 5.56 Å². The molecule has 0 aliphatic heterocycles. The topological polar surface area (TPSA) is 21.6 Å². The highest BCUT2D eigenvalue weighted by Crippen LogP contribution is 2.18. The van der Waals surface area contributed by atoms with Gasteiger partial charge in [0.2, 0.25) is 0 Å². The van der Waals surface area contributed by atoms with Crippen LogP contribution >= 0.6 is 0 Å². The lowest BCUT2D eigenvalue weighted by Crippen LogP contribution is -1.92. The quantitative estimate of drug-likeness (QED) is 0.551. The highest BCUT2D eigenvalue weighted by Gasteiger charge is 2.06. The van der Waals surface area contributed by atoms with Crippen molar-refractivity contribution in [2.24, 2.45) is 5.16 Å². The van der Waals surface area contributed by atoms with E-state index >= 15 is 0 Å². The van der Waals surface area contributed by atoms with E-state index in [9.17, 15) is 8.78 Å². The van der Waals surface area contributed by atoms with Crippen LogP contribution in [0.4, 0.5) is 8.78 Å². The molecule has 0 atom stereocenters. The van der Waals surface area contributed by atoms with Gasteiger partial charge in [-0.15, -0.1) is 0 Å². The predicted octanol–water partition coefficient (Wildman–Crippen LogP) is 4.82. The number of hydrogen-bond acceptors (Lipinski definition) is 2. The van der Waals surface area contributed by atoms with Crippen molar-refractivity contribution in [2.75, 3.05) is 0 Å². The van der Waals surface area contributed by atoms with E-state index < -0.39 is 6.43 Å². The first-order chi connectivity index (χ1) is 10.2. The van der Waals surface area contributed by atoms with Crippen molar-refractivity contribution < 1.29 is 13.6 Å². The molecule has 0 radical (unpaired) electrons. The summed E-state index contributed by atoms with van der Waals surface area (Å²) in [6.45, 7) is 4.03. The van der Waals surface area contributed by atoms with Crippen LogP contribution in [0.3, 0.4) is 0 Å². The number of halogens is 2. The third-order valence-electron chi connectivity index (χ3n) is 2.93. The fourth-order valence-electron chi connectivity index (χ4n) is 1.84. The van der Waals surface area contributed by atoms with E-state index in [0.717, 1.165) is 11.1 Å². The summed E-state index contributed by atoms with van der Waals surface area (Å²) >= 11 is 0. The van der Waals surface area contributed by atoms with Gasteiger partial charge in [-0.1, -0.05) is 60.3 Å². The molecule has 0 aromatic heterocycles. The molecular formula is C17H15F2NO. The molecule has 0 amide bonds. The first-order valence-electron chi connectivity index (χ1n) is 6.44. The van der Waals surface area contributed by atoms with E-state index in [2.05, 4.69) is 11.7 Å². The second kappa shape index (κ2) is 7.33. The van der Waals surface area contributed by atoms with Gasteiger partial charge in [0.1, 0.15) is 6.61 Å². The van der Waals surface area contributed by atoms with E-state index in [0.29, 0.717) is 12.2 Å². The maximum Gasteiger partial charge on any atom is 0.263 e. The van der Waals surface area contributed by atoms with Crippen LogP contribution in [-0.2, 0) is 11.4 Å². The molecule has 2 rings (SSSR count). The molecule has 0 aliphatic rings. The molecule has 2 nitrogen and oxygen atoms in total. The number of benzene rings is 2. The minimum atomic E-state index is -2.49.